The number of hydrogen-bond donors (Lipinski definition) is 3. The van der Waals surface area contributed by atoms with Gasteiger partial charge < -0.3 is 16.4 Å². The Kier molecular flexibility index (Phi) is 4.44. The lowest BCUT2D eigenvalue weighted by Crippen LogP contribution is -2.45. The van der Waals surface area contributed by atoms with Crippen LogP contribution in [0.4, 0.5) is 11.4 Å². The summed E-state index contributed by atoms with van der Waals surface area (Å²) in [5.74, 6) is -0.348. The van der Waals surface area contributed by atoms with E-state index in [4.69, 9.17) is 5.73 Å². The van der Waals surface area contributed by atoms with Gasteiger partial charge in [0, 0.05) is 17.8 Å². The van der Waals surface area contributed by atoms with Crippen LogP contribution < -0.4 is 16.4 Å². The molecule has 1 aromatic rings. The molecule has 0 spiro atoms. The van der Waals surface area contributed by atoms with Crippen molar-refractivity contribution in [2.24, 2.45) is 5.73 Å². The quantitative estimate of drug-likeness (QED) is 0.759. The standard InChI is InChI=1S/C13H19N3O2/c1-4-11(17)15-9-6-5-7-10(8-9)16-12(18)13(2,3)14/h5-8H,4,14H2,1-3H3,(H,15,17)(H,16,18). The second-order valence-corrected chi connectivity index (χ2v) is 4.66. The number of rotatable bonds is 4. The first-order valence-electron chi connectivity index (χ1n) is 5.83. The van der Waals surface area contributed by atoms with Gasteiger partial charge in [0.25, 0.3) is 0 Å². The summed E-state index contributed by atoms with van der Waals surface area (Å²) in [5.41, 5.74) is 6.00. The number of anilines is 2. The van der Waals surface area contributed by atoms with E-state index in [1.165, 1.54) is 0 Å². The van der Waals surface area contributed by atoms with Crippen molar-refractivity contribution < 1.29 is 9.59 Å². The van der Waals surface area contributed by atoms with Crippen LogP contribution in [0.5, 0.6) is 0 Å². The molecule has 0 atom stereocenters. The fraction of sp³-hybridized carbons (Fsp3) is 0.385. The number of benzene rings is 1. The topological polar surface area (TPSA) is 84.2 Å². The zero-order valence-corrected chi connectivity index (χ0v) is 10.9. The van der Waals surface area contributed by atoms with Crippen molar-refractivity contribution in [1.82, 2.24) is 0 Å². The molecular formula is C13H19N3O2. The number of carbonyl (C=O) groups is 2. The summed E-state index contributed by atoms with van der Waals surface area (Å²) in [5, 5.41) is 5.42. The van der Waals surface area contributed by atoms with Crippen LogP contribution in [0.2, 0.25) is 0 Å². The van der Waals surface area contributed by atoms with E-state index < -0.39 is 5.54 Å². The SMILES string of the molecule is CCC(=O)Nc1cccc(NC(=O)C(C)(C)N)c1. The first-order valence-corrected chi connectivity index (χ1v) is 5.83. The first-order chi connectivity index (χ1) is 8.32. The van der Waals surface area contributed by atoms with Gasteiger partial charge in [0.05, 0.1) is 5.54 Å². The van der Waals surface area contributed by atoms with Gasteiger partial charge in [0.2, 0.25) is 11.8 Å². The summed E-state index contributed by atoms with van der Waals surface area (Å²) in [7, 11) is 0. The van der Waals surface area contributed by atoms with Gasteiger partial charge in [0.1, 0.15) is 0 Å². The smallest absolute Gasteiger partial charge is 0.243 e. The highest BCUT2D eigenvalue weighted by Gasteiger charge is 2.21. The van der Waals surface area contributed by atoms with Gasteiger partial charge in [-0.2, -0.15) is 0 Å². The lowest BCUT2D eigenvalue weighted by atomic mass is 10.1. The second kappa shape index (κ2) is 5.64. The van der Waals surface area contributed by atoms with Crippen molar-refractivity contribution in [3.63, 3.8) is 0 Å². The molecule has 5 nitrogen and oxygen atoms in total. The third-order valence-corrected chi connectivity index (χ3v) is 2.31. The molecule has 0 saturated heterocycles. The van der Waals surface area contributed by atoms with Gasteiger partial charge in [-0.1, -0.05) is 13.0 Å². The highest BCUT2D eigenvalue weighted by molar-refractivity contribution is 5.98. The minimum atomic E-state index is -0.942. The summed E-state index contributed by atoms with van der Waals surface area (Å²) in [6, 6.07) is 6.95. The first kappa shape index (κ1) is 14.2. The van der Waals surface area contributed by atoms with Crippen LogP contribution in [0.3, 0.4) is 0 Å². The second-order valence-electron chi connectivity index (χ2n) is 4.66. The van der Waals surface area contributed by atoms with Crippen molar-refractivity contribution in [2.75, 3.05) is 10.6 Å². The summed E-state index contributed by atoms with van der Waals surface area (Å²) >= 11 is 0. The molecule has 0 bridgehead atoms. The molecule has 18 heavy (non-hydrogen) atoms. The number of carbonyl (C=O) groups excluding carboxylic acids is 2. The van der Waals surface area contributed by atoms with Gasteiger partial charge in [-0.25, -0.2) is 0 Å². The Morgan fingerprint density at radius 1 is 1.22 bits per heavy atom. The number of hydrogen-bond acceptors (Lipinski definition) is 3. The van der Waals surface area contributed by atoms with E-state index >= 15 is 0 Å². The van der Waals surface area contributed by atoms with Crippen molar-refractivity contribution in [1.29, 1.82) is 0 Å². The van der Waals surface area contributed by atoms with Gasteiger partial charge in [-0.3, -0.25) is 9.59 Å². The predicted molar refractivity (Wildman–Crippen MR) is 72.3 cm³/mol. The van der Waals surface area contributed by atoms with Crippen molar-refractivity contribution in [2.45, 2.75) is 32.7 Å². The average Bonchev–Trinajstić information content (AvgIpc) is 2.28. The van der Waals surface area contributed by atoms with E-state index in [0.717, 1.165) is 0 Å². The van der Waals surface area contributed by atoms with Gasteiger partial charge >= 0.3 is 0 Å². The van der Waals surface area contributed by atoms with E-state index in [2.05, 4.69) is 10.6 Å². The van der Waals surface area contributed by atoms with Crippen LogP contribution in [0.15, 0.2) is 24.3 Å². The fourth-order valence-corrected chi connectivity index (χ4v) is 1.22. The van der Waals surface area contributed by atoms with Gasteiger partial charge in [-0.05, 0) is 32.0 Å². The van der Waals surface area contributed by atoms with E-state index in [1.54, 1.807) is 45.0 Å². The van der Waals surface area contributed by atoms with E-state index in [0.29, 0.717) is 17.8 Å². The molecule has 0 unspecified atom stereocenters. The monoisotopic (exact) mass is 249 g/mol. The normalized spacial score (nSPS) is 10.9. The molecule has 0 saturated carbocycles. The molecule has 0 radical (unpaired) electrons. The summed E-state index contributed by atoms with van der Waals surface area (Å²) in [4.78, 5) is 23.0. The van der Waals surface area contributed by atoms with Crippen LogP contribution in [0.1, 0.15) is 27.2 Å². The largest absolute Gasteiger partial charge is 0.326 e. The third-order valence-electron chi connectivity index (χ3n) is 2.31. The van der Waals surface area contributed by atoms with Crippen molar-refractivity contribution in [3.8, 4) is 0 Å². The molecule has 4 N–H and O–H groups in total. The average molecular weight is 249 g/mol. The molecule has 5 heteroatoms. The maximum Gasteiger partial charge on any atom is 0.243 e. The predicted octanol–water partition coefficient (Wildman–Crippen LogP) is 1.71. The Morgan fingerprint density at radius 2 is 1.78 bits per heavy atom. The maximum absolute atomic E-state index is 11.7. The highest BCUT2D eigenvalue weighted by Crippen LogP contribution is 2.16. The Hall–Kier alpha value is -1.88. The molecule has 0 aliphatic heterocycles. The summed E-state index contributed by atoms with van der Waals surface area (Å²) in [6.07, 6.45) is 0.409. The fourth-order valence-electron chi connectivity index (χ4n) is 1.22. The van der Waals surface area contributed by atoms with E-state index in [9.17, 15) is 9.59 Å². The minimum absolute atomic E-state index is 0.0716. The molecule has 1 rings (SSSR count). The lowest BCUT2D eigenvalue weighted by Gasteiger charge is -2.18. The van der Waals surface area contributed by atoms with Crippen LogP contribution in [0, 0.1) is 0 Å². The number of nitrogens with one attached hydrogen (secondary N) is 2. The van der Waals surface area contributed by atoms with Crippen LogP contribution in [-0.2, 0) is 9.59 Å². The molecule has 2 amide bonds. The van der Waals surface area contributed by atoms with Gasteiger partial charge in [-0.15, -0.1) is 0 Å². The molecule has 0 aliphatic rings. The minimum Gasteiger partial charge on any atom is -0.326 e. The Labute approximate surface area is 107 Å². The molecule has 0 heterocycles. The van der Waals surface area contributed by atoms with Crippen molar-refractivity contribution in [3.05, 3.63) is 24.3 Å². The molecule has 0 aromatic heterocycles. The van der Waals surface area contributed by atoms with Crippen LogP contribution in [-0.4, -0.2) is 17.4 Å². The van der Waals surface area contributed by atoms with E-state index in [-0.39, 0.29) is 11.8 Å². The van der Waals surface area contributed by atoms with E-state index in [1.807, 2.05) is 0 Å². The summed E-state index contributed by atoms with van der Waals surface area (Å²) < 4.78 is 0. The zero-order chi connectivity index (χ0) is 13.8. The Morgan fingerprint density at radius 3 is 2.28 bits per heavy atom. The van der Waals surface area contributed by atoms with Crippen LogP contribution >= 0.6 is 0 Å². The molecular weight excluding hydrogens is 230 g/mol. The van der Waals surface area contributed by atoms with Gasteiger partial charge in [0.15, 0.2) is 0 Å². The number of amides is 2. The van der Waals surface area contributed by atoms with Crippen molar-refractivity contribution >= 4 is 23.2 Å². The molecule has 0 fully saturated rings. The Balaban J connectivity index is 2.77. The third kappa shape index (κ3) is 4.18. The highest BCUT2D eigenvalue weighted by atomic mass is 16.2. The lowest BCUT2D eigenvalue weighted by molar-refractivity contribution is -0.120. The number of nitrogens with two attached hydrogens (primary N) is 1. The zero-order valence-electron chi connectivity index (χ0n) is 10.9. The molecule has 1 aromatic carbocycles. The Bertz CT molecular complexity index is 450. The molecule has 98 valence electrons. The summed E-state index contributed by atoms with van der Waals surface area (Å²) in [6.45, 7) is 5.04. The molecule has 0 aliphatic carbocycles. The maximum atomic E-state index is 11.7. The van der Waals surface area contributed by atoms with Crippen LogP contribution in [0.25, 0.3) is 0 Å².